The average molecular weight is 457 g/mol. The Morgan fingerprint density at radius 2 is 1.83 bits per heavy atom. The zero-order valence-electron chi connectivity index (χ0n) is 15.8. The highest BCUT2D eigenvalue weighted by molar-refractivity contribution is 5.85. The minimum absolute atomic E-state index is 0. The molecule has 1 aliphatic heterocycles. The summed E-state index contributed by atoms with van der Waals surface area (Å²) in [6.07, 6.45) is 5.60. The van der Waals surface area contributed by atoms with Gasteiger partial charge in [-0.25, -0.2) is 4.98 Å². The van der Waals surface area contributed by atoms with Crippen LogP contribution in [0.1, 0.15) is 16.7 Å². The molecule has 1 aromatic carbocycles. The van der Waals surface area contributed by atoms with Crippen molar-refractivity contribution < 1.29 is 13.2 Å². The maximum absolute atomic E-state index is 12.7. The minimum Gasteiger partial charge on any atom is -0.354 e. The van der Waals surface area contributed by atoms with Gasteiger partial charge in [0, 0.05) is 36.9 Å². The standard InChI is InChI=1S/C21H19F3N4.2ClH/c22-21(23,24)17-6-3-14(4-7-17)12-28-13-15(5-8-19(28)25)10-16-11-27-20-18(16)2-1-9-26-20;;/h1-9,11,13,19H,10,12,25H2,(H,26,27);2*1H. The van der Waals surface area contributed by atoms with Crippen LogP contribution in [0.15, 0.2) is 72.7 Å². The van der Waals surface area contributed by atoms with E-state index < -0.39 is 11.7 Å². The van der Waals surface area contributed by atoms with E-state index in [1.165, 1.54) is 12.1 Å². The van der Waals surface area contributed by atoms with E-state index in [2.05, 4.69) is 9.97 Å². The number of allylic oxidation sites excluding steroid dienone is 2. The van der Waals surface area contributed by atoms with Crippen molar-refractivity contribution in [3.8, 4) is 0 Å². The van der Waals surface area contributed by atoms with Gasteiger partial charge >= 0.3 is 6.18 Å². The van der Waals surface area contributed by atoms with Crippen LogP contribution in [-0.2, 0) is 19.1 Å². The second-order valence-electron chi connectivity index (χ2n) is 6.81. The van der Waals surface area contributed by atoms with E-state index in [0.717, 1.165) is 39.9 Å². The van der Waals surface area contributed by atoms with Crippen LogP contribution in [-0.4, -0.2) is 21.0 Å². The molecule has 9 heteroatoms. The Labute approximate surface area is 184 Å². The van der Waals surface area contributed by atoms with Crippen molar-refractivity contribution in [1.29, 1.82) is 0 Å². The fourth-order valence-electron chi connectivity index (χ4n) is 3.32. The number of hydrogen-bond donors (Lipinski definition) is 2. The zero-order chi connectivity index (χ0) is 19.7. The quantitative estimate of drug-likeness (QED) is 0.566. The summed E-state index contributed by atoms with van der Waals surface area (Å²) in [6.45, 7) is 0.433. The molecule has 0 aliphatic carbocycles. The Bertz CT molecular complexity index is 1040. The molecule has 160 valence electrons. The smallest absolute Gasteiger partial charge is 0.354 e. The van der Waals surface area contributed by atoms with E-state index in [4.69, 9.17) is 5.73 Å². The van der Waals surface area contributed by atoms with Crippen LogP contribution in [0.5, 0.6) is 0 Å². The number of nitrogens with one attached hydrogen (secondary N) is 1. The molecule has 0 bridgehead atoms. The number of fused-ring (bicyclic) bond motifs is 1. The van der Waals surface area contributed by atoms with Gasteiger partial charge in [-0.2, -0.15) is 13.2 Å². The number of halogens is 5. The van der Waals surface area contributed by atoms with Crippen molar-refractivity contribution in [1.82, 2.24) is 14.9 Å². The Kier molecular flexibility index (Phi) is 7.58. The first-order valence-corrected chi connectivity index (χ1v) is 8.87. The fraction of sp³-hybridized carbons (Fsp3) is 0.190. The maximum atomic E-state index is 12.7. The molecule has 1 aliphatic rings. The van der Waals surface area contributed by atoms with Gasteiger partial charge in [0.2, 0.25) is 0 Å². The monoisotopic (exact) mass is 456 g/mol. The highest BCUT2D eigenvalue weighted by Gasteiger charge is 2.30. The largest absolute Gasteiger partial charge is 0.416 e. The molecule has 30 heavy (non-hydrogen) atoms. The van der Waals surface area contributed by atoms with Gasteiger partial charge in [0.05, 0.1) is 11.7 Å². The number of aromatic amines is 1. The summed E-state index contributed by atoms with van der Waals surface area (Å²) < 4.78 is 38.2. The zero-order valence-corrected chi connectivity index (χ0v) is 17.4. The minimum atomic E-state index is -4.33. The Hall–Kier alpha value is -2.48. The summed E-state index contributed by atoms with van der Waals surface area (Å²) in [6, 6.07) is 9.11. The molecule has 3 aromatic rings. The molecule has 0 radical (unpaired) electrons. The Morgan fingerprint density at radius 1 is 1.10 bits per heavy atom. The number of aromatic nitrogens is 2. The van der Waals surface area contributed by atoms with Gasteiger partial charge in [0.1, 0.15) is 5.65 Å². The summed E-state index contributed by atoms with van der Waals surface area (Å²) in [5, 5.41) is 1.07. The normalized spacial score (nSPS) is 16.1. The number of H-pyrrole nitrogens is 1. The highest BCUT2D eigenvalue weighted by Crippen LogP contribution is 2.29. The predicted octanol–water partition coefficient (Wildman–Crippen LogP) is 5.21. The van der Waals surface area contributed by atoms with Crippen molar-refractivity contribution >= 4 is 35.8 Å². The Balaban J connectivity index is 0.00000160. The van der Waals surface area contributed by atoms with Crippen LogP contribution in [0.4, 0.5) is 13.2 Å². The third-order valence-electron chi connectivity index (χ3n) is 4.80. The summed E-state index contributed by atoms with van der Waals surface area (Å²) in [5.74, 6) is 0. The third kappa shape index (κ3) is 5.16. The molecule has 0 saturated carbocycles. The van der Waals surface area contributed by atoms with Crippen molar-refractivity contribution in [3.05, 3.63) is 89.4 Å². The lowest BCUT2D eigenvalue weighted by atomic mass is 10.0. The molecule has 4 rings (SSSR count). The average Bonchev–Trinajstić information content (AvgIpc) is 3.07. The van der Waals surface area contributed by atoms with E-state index >= 15 is 0 Å². The van der Waals surface area contributed by atoms with E-state index in [0.29, 0.717) is 13.0 Å². The van der Waals surface area contributed by atoms with Gasteiger partial charge in [-0.15, -0.1) is 24.8 Å². The Morgan fingerprint density at radius 3 is 2.53 bits per heavy atom. The molecular formula is C21H21Cl2F3N4. The van der Waals surface area contributed by atoms with E-state index in [9.17, 15) is 13.2 Å². The summed E-state index contributed by atoms with van der Waals surface area (Å²) in [4.78, 5) is 9.38. The first-order valence-electron chi connectivity index (χ1n) is 8.87. The van der Waals surface area contributed by atoms with Crippen molar-refractivity contribution in [2.75, 3.05) is 0 Å². The molecule has 4 nitrogen and oxygen atoms in total. The molecule has 1 atom stereocenters. The number of hydrogen-bond acceptors (Lipinski definition) is 3. The third-order valence-corrected chi connectivity index (χ3v) is 4.80. The topological polar surface area (TPSA) is 57.9 Å². The summed E-state index contributed by atoms with van der Waals surface area (Å²) in [7, 11) is 0. The van der Waals surface area contributed by atoms with Gasteiger partial charge in [-0.05, 0) is 47.0 Å². The lowest BCUT2D eigenvalue weighted by Crippen LogP contribution is -2.38. The molecular weight excluding hydrogens is 436 g/mol. The molecule has 0 amide bonds. The van der Waals surface area contributed by atoms with Gasteiger partial charge in [0.15, 0.2) is 0 Å². The first-order chi connectivity index (χ1) is 13.4. The number of rotatable bonds is 4. The second kappa shape index (κ2) is 9.55. The lowest BCUT2D eigenvalue weighted by molar-refractivity contribution is -0.137. The second-order valence-corrected chi connectivity index (χ2v) is 6.81. The molecule has 1 unspecified atom stereocenters. The van der Waals surface area contributed by atoms with Crippen molar-refractivity contribution in [2.24, 2.45) is 5.73 Å². The number of benzene rings is 1. The van der Waals surface area contributed by atoms with Crippen molar-refractivity contribution in [2.45, 2.75) is 25.3 Å². The first kappa shape index (κ1) is 23.8. The van der Waals surface area contributed by atoms with Gasteiger partial charge in [-0.1, -0.05) is 18.2 Å². The molecule has 3 N–H and O–H groups in total. The van der Waals surface area contributed by atoms with E-state index in [1.54, 1.807) is 6.20 Å². The number of nitrogens with two attached hydrogens (primary N) is 1. The lowest BCUT2D eigenvalue weighted by Gasteiger charge is -2.29. The van der Waals surface area contributed by atoms with Crippen molar-refractivity contribution in [3.63, 3.8) is 0 Å². The molecule has 0 fully saturated rings. The number of pyridine rings is 1. The number of nitrogens with zero attached hydrogens (tertiary/aromatic N) is 2. The fourth-order valence-corrected chi connectivity index (χ4v) is 3.32. The van der Waals surface area contributed by atoms with Crippen LogP contribution in [0.25, 0.3) is 11.0 Å². The van der Waals surface area contributed by atoms with Crippen LogP contribution in [0.3, 0.4) is 0 Å². The van der Waals surface area contributed by atoms with Crippen LogP contribution < -0.4 is 5.73 Å². The summed E-state index contributed by atoms with van der Waals surface area (Å²) >= 11 is 0. The van der Waals surface area contributed by atoms with Crippen LogP contribution in [0.2, 0.25) is 0 Å². The molecule has 3 heterocycles. The SMILES string of the molecule is Cl.Cl.NC1C=CC(Cc2c[nH]c3ncccc23)=CN1Cc1ccc(C(F)(F)F)cc1. The van der Waals surface area contributed by atoms with Gasteiger partial charge in [0.25, 0.3) is 0 Å². The van der Waals surface area contributed by atoms with E-state index in [-0.39, 0.29) is 31.0 Å². The molecule has 2 aromatic heterocycles. The maximum Gasteiger partial charge on any atom is 0.416 e. The van der Waals surface area contributed by atoms with Gasteiger partial charge < -0.3 is 15.6 Å². The highest BCUT2D eigenvalue weighted by atomic mass is 35.5. The molecule has 0 saturated heterocycles. The van der Waals surface area contributed by atoms with Crippen LogP contribution in [0, 0.1) is 0 Å². The predicted molar refractivity (Wildman–Crippen MR) is 116 cm³/mol. The van der Waals surface area contributed by atoms with Gasteiger partial charge in [-0.3, -0.25) is 0 Å². The van der Waals surface area contributed by atoms with Crippen LogP contribution >= 0.6 is 24.8 Å². The summed E-state index contributed by atoms with van der Waals surface area (Å²) in [5.41, 5.74) is 9.31. The molecule has 0 spiro atoms. The number of alkyl halides is 3. The van der Waals surface area contributed by atoms with E-state index in [1.807, 2.05) is 41.6 Å².